The normalized spacial score (nSPS) is 33.4. The Morgan fingerprint density at radius 1 is 1.24 bits per heavy atom. The van der Waals surface area contributed by atoms with Crippen molar-refractivity contribution in [1.29, 1.82) is 0 Å². The number of ether oxygens (including phenoxy) is 2. The molecule has 2 N–H and O–H groups in total. The second-order valence-electron chi connectivity index (χ2n) is 4.40. The largest absolute Gasteiger partial charge is 0.497 e. The summed E-state index contributed by atoms with van der Waals surface area (Å²) in [7, 11) is 1.62. The number of hydrogen-bond donors (Lipinski definition) is 2. The van der Waals surface area contributed by atoms with Crippen molar-refractivity contribution in [2.75, 3.05) is 7.11 Å². The van der Waals surface area contributed by atoms with Crippen LogP contribution in [0.25, 0.3) is 0 Å². The summed E-state index contributed by atoms with van der Waals surface area (Å²) in [5.74, 6) is 0.790. The number of methoxy groups -OCH3 is 1. The summed E-state index contributed by atoms with van der Waals surface area (Å²) in [6, 6.07) is 7.56. The number of rotatable bonds is 2. The van der Waals surface area contributed by atoms with Gasteiger partial charge in [-0.2, -0.15) is 0 Å². The molecule has 0 unspecified atom stereocenters. The van der Waals surface area contributed by atoms with Crippen molar-refractivity contribution >= 4 is 0 Å². The molecule has 1 fully saturated rings. The fourth-order valence-corrected chi connectivity index (χ4v) is 2.10. The molecular weight excluding hydrogens is 220 g/mol. The molecule has 0 aliphatic carbocycles. The monoisotopic (exact) mass is 238 g/mol. The van der Waals surface area contributed by atoms with Gasteiger partial charge in [-0.3, -0.25) is 0 Å². The maximum atomic E-state index is 9.73. The van der Waals surface area contributed by atoms with Crippen LogP contribution in [0.2, 0.25) is 0 Å². The van der Waals surface area contributed by atoms with Gasteiger partial charge in [-0.25, -0.2) is 0 Å². The lowest BCUT2D eigenvalue weighted by atomic mass is 9.94. The van der Waals surface area contributed by atoms with E-state index in [1.54, 1.807) is 14.0 Å². The van der Waals surface area contributed by atoms with Crippen LogP contribution >= 0.6 is 0 Å². The Hall–Kier alpha value is -1.10. The van der Waals surface area contributed by atoms with E-state index in [1.807, 2.05) is 24.3 Å². The van der Waals surface area contributed by atoms with Gasteiger partial charge >= 0.3 is 0 Å². The van der Waals surface area contributed by atoms with Gasteiger partial charge in [0.1, 0.15) is 11.9 Å². The van der Waals surface area contributed by atoms with Gasteiger partial charge in [-0.15, -0.1) is 0 Å². The summed E-state index contributed by atoms with van der Waals surface area (Å²) in [6.07, 6.45) is -1.65. The molecule has 1 heterocycles. The molecule has 0 radical (unpaired) electrons. The average molecular weight is 238 g/mol. The molecule has 0 aromatic heterocycles. The first-order chi connectivity index (χ1) is 8.11. The first-order valence-electron chi connectivity index (χ1n) is 5.77. The molecule has 94 valence electrons. The smallest absolute Gasteiger partial charge is 0.118 e. The molecule has 1 aliphatic heterocycles. The zero-order valence-electron chi connectivity index (χ0n) is 10.0. The Bertz CT molecular complexity index is 350. The van der Waals surface area contributed by atoms with Gasteiger partial charge in [-0.05, 0) is 24.6 Å². The molecule has 1 saturated heterocycles. The van der Waals surface area contributed by atoms with Crippen molar-refractivity contribution in [2.45, 2.75) is 37.8 Å². The van der Waals surface area contributed by atoms with Gasteiger partial charge < -0.3 is 19.7 Å². The van der Waals surface area contributed by atoms with E-state index in [4.69, 9.17) is 9.47 Å². The van der Waals surface area contributed by atoms with E-state index in [0.29, 0.717) is 6.42 Å². The van der Waals surface area contributed by atoms with Crippen LogP contribution < -0.4 is 4.74 Å². The van der Waals surface area contributed by atoms with Crippen LogP contribution in [-0.4, -0.2) is 35.6 Å². The van der Waals surface area contributed by atoms with Gasteiger partial charge in [0.2, 0.25) is 0 Å². The van der Waals surface area contributed by atoms with Crippen molar-refractivity contribution in [3.63, 3.8) is 0 Å². The lowest BCUT2D eigenvalue weighted by Crippen LogP contribution is -2.43. The third-order valence-corrected chi connectivity index (χ3v) is 3.20. The van der Waals surface area contributed by atoms with E-state index in [-0.39, 0.29) is 12.2 Å². The Morgan fingerprint density at radius 3 is 2.41 bits per heavy atom. The molecule has 0 bridgehead atoms. The van der Waals surface area contributed by atoms with Crippen LogP contribution in [0, 0.1) is 0 Å². The molecule has 1 aromatic rings. The summed E-state index contributed by atoms with van der Waals surface area (Å²) in [5.41, 5.74) is 0.989. The molecule has 2 rings (SSSR count). The second-order valence-corrected chi connectivity index (χ2v) is 4.40. The molecular formula is C13H18O4. The van der Waals surface area contributed by atoms with Crippen molar-refractivity contribution < 1.29 is 19.7 Å². The Balaban J connectivity index is 2.11. The van der Waals surface area contributed by atoms with Gasteiger partial charge in [0, 0.05) is 6.42 Å². The molecule has 1 aliphatic rings. The highest BCUT2D eigenvalue weighted by Crippen LogP contribution is 2.32. The van der Waals surface area contributed by atoms with Crippen molar-refractivity contribution in [3.05, 3.63) is 29.8 Å². The second kappa shape index (κ2) is 5.04. The molecule has 1 aromatic carbocycles. The van der Waals surface area contributed by atoms with Crippen LogP contribution in [0.4, 0.5) is 0 Å². The Kier molecular flexibility index (Phi) is 3.66. The molecule has 0 saturated carbocycles. The van der Waals surface area contributed by atoms with Crippen molar-refractivity contribution in [2.24, 2.45) is 0 Å². The van der Waals surface area contributed by atoms with Crippen LogP contribution in [-0.2, 0) is 4.74 Å². The maximum Gasteiger partial charge on any atom is 0.118 e. The predicted molar refractivity (Wildman–Crippen MR) is 62.9 cm³/mol. The molecule has 4 heteroatoms. The zero-order chi connectivity index (χ0) is 12.4. The van der Waals surface area contributed by atoms with E-state index in [9.17, 15) is 10.2 Å². The number of benzene rings is 1. The SMILES string of the molecule is COc1ccc([C@H]2C[C@@H](O)[C@H](O)[C@@H](C)O2)cc1. The Morgan fingerprint density at radius 2 is 1.88 bits per heavy atom. The molecule has 0 amide bonds. The minimum atomic E-state index is -0.801. The van der Waals surface area contributed by atoms with Crippen LogP contribution in [0.3, 0.4) is 0 Å². The fraction of sp³-hybridized carbons (Fsp3) is 0.538. The fourth-order valence-electron chi connectivity index (χ4n) is 2.10. The summed E-state index contributed by atoms with van der Waals surface area (Å²) < 4.78 is 10.8. The van der Waals surface area contributed by atoms with Crippen LogP contribution in [0.5, 0.6) is 5.75 Å². The van der Waals surface area contributed by atoms with Crippen LogP contribution in [0.1, 0.15) is 25.0 Å². The lowest BCUT2D eigenvalue weighted by Gasteiger charge is -2.35. The van der Waals surface area contributed by atoms with Gasteiger partial charge in [0.05, 0.1) is 25.4 Å². The van der Waals surface area contributed by atoms with Crippen molar-refractivity contribution in [1.82, 2.24) is 0 Å². The van der Waals surface area contributed by atoms with E-state index in [1.165, 1.54) is 0 Å². The highest BCUT2D eigenvalue weighted by Gasteiger charge is 2.34. The van der Waals surface area contributed by atoms with E-state index >= 15 is 0 Å². The quantitative estimate of drug-likeness (QED) is 0.814. The number of aliphatic hydroxyl groups excluding tert-OH is 2. The third kappa shape index (κ3) is 2.60. The van der Waals surface area contributed by atoms with Gasteiger partial charge in [0.15, 0.2) is 0 Å². The lowest BCUT2D eigenvalue weighted by molar-refractivity contribution is -0.163. The van der Waals surface area contributed by atoms with Gasteiger partial charge in [0.25, 0.3) is 0 Å². The zero-order valence-corrected chi connectivity index (χ0v) is 10.0. The highest BCUT2D eigenvalue weighted by atomic mass is 16.5. The number of hydrogen-bond acceptors (Lipinski definition) is 4. The van der Waals surface area contributed by atoms with E-state index in [0.717, 1.165) is 11.3 Å². The molecule has 17 heavy (non-hydrogen) atoms. The maximum absolute atomic E-state index is 9.73. The van der Waals surface area contributed by atoms with Crippen molar-refractivity contribution in [3.8, 4) is 5.75 Å². The standard InChI is InChI=1S/C13H18O4/c1-8-13(15)11(14)7-12(17-8)9-3-5-10(16-2)6-4-9/h3-6,8,11-15H,7H2,1-2H3/t8-,11-,12-,13-/m1/s1. The summed E-state index contributed by atoms with van der Waals surface area (Å²) >= 11 is 0. The molecule has 4 atom stereocenters. The summed E-state index contributed by atoms with van der Waals surface area (Å²) in [6.45, 7) is 1.77. The van der Waals surface area contributed by atoms with Gasteiger partial charge in [-0.1, -0.05) is 12.1 Å². The van der Waals surface area contributed by atoms with E-state index in [2.05, 4.69) is 0 Å². The third-order valence-electron chi connectivity index (χ3n) is 3.20. The number of aliphatic hydroxyl groups is 2. The topological polar surface area (TPSA) is 58.9 Å². The molecule has 4 nitrogen and oxygen atoms in total. The Labute approximate surface area is 101 Å². The predicted octanol–water partition coefficient (Wildman–Crippen LogP) is 1.27. The first kappa shape index (κ1) is 12.4. The minimum Gasteiger partial charge on any atom is -0.497 e. The first-order valence-corrected chi connectivity index (χ1v) is 5.77. The van der Waals surface area contributed by atoms with Crippen LogP contribution in [0.15, 0.2) is 24.3 Å². The minimum absolute atomic E-state index is 0.172. The molecule has 0 spiro atoms. The van der Waals surface area contributed by atoms with E-state index < -0.39 is 12.2 Å². The summed E-state index contributed by atoms with van der Waals surface area (Å²) in [4.78, 5) is 0. The average Bonchev–Trinajstić information content (AvgIpc) is 2.35. The summed E-state index contributed by atoms with van der Waals surface area (Å²) in [5, 5.41) is 19.3. The highest BCUT2D eigenvalue weighted by molar-refractivity contribution is 5.28.